The van der Waals surface area contributed by atoms with Gasteiger partial charge in [-0.1, -0.05) is 11.1 Å². The van der Waals surface area contributed by atoms with Gasteiger partial charge in [-0.3, -0.25) is 9.30 Å². The molecule has 0 aliphatic heterocycles. The van der Waals surface area contributed by atoms with E-state index in [2.05, 4.69) is 26.7 Å². The lowest BCUT2D eigenvalue weighted by Crippen LogP contribution is -2.15. The molecule has 0 bridgehead atoms. The fourth-order valence-electron chi connectivity index (χ4n) is 2.16. The molecule has 1 atom stereocenters. The molecule has 134 valence electrons. The van der Waals surface area contributed by atoms with E-state index in [4.69, 9.17) is 20.4 Å². The van der Waals surface area contributed by atoms with Crippen molar-refractivity contribution in [1.29, 1.82) is 4.78 Å². The van der Waals surface area contributed by atoms with Crippen molar-refractivity contribution >= 4 is 16.5 Å². The maximum Gasteiger partial charge on any atom is 0.446 e. The molecule has 0 spiro atoms. The number of hydrogen-bond donors (Lipinski definition) is 2. The molecule has 26 heavy (non-hydrogen) atoms. The first kappa shape index (κ1) is 17.6. The van der Waals surface area contributed by atoms with Crippen LogP contribution in [0, 0.1) is 22.9 Å². The zero-order valence-corrected chi connectivity index (χ0v) is 14.3. The molecule has 1 unspecified atom stereocenters. The highest BCUT2D eigenvalue weighted by Gasteiger charge is 2.23. The highest BCUT2D eigenvalue weighted by atomic mass is 32.2. The smallest absolute Gasteiger partial charge is 0.364 e. The number of terminal acetylenes is 1. The molecule has 3 rings (SSSR count). The van der Waals surface area contributed by atoms with Crippen LogP contribution in [0.3, 0.4) is 0 Å². The van der Waals surface area contributed by atoms with E-state index in [-0.39, 0.29) is 28.6 Å². The summed E-state index contributed by atoms with van der Waals surface area (Å²) in [4.78, 5) is 12.1. The van der Waals surface area contributed by atoms with Crippen LogP contribution in [0.4, 0.5) is 10.2 Å². The van der Waals surface area contributed by atoms with Gasteiger partial charge in [0, 0.05) is 12.3 Å². The van der Waals surface area contributed by atoms with Gasteiger partial charge in [-0.05, 0) is 34.8 Å². The van der Waals surface area contributed by atoms with E-state index < -0.39 is 22.3 Å². The zero-order valence-electron chi connectivity index (χ0n) is 13.5. The summed E-state index contributed by atoms with van der Waals surface area (Å²) in [5.74, 6) is 1.69. The molecule has 2 heterocycles. The SMILES string of the molecule is C#Cc1cc(-n2c(-c3nonc3NCCS(C)=N)noc2=O)ccc1F. The minimum Gasteiger partial charge on any atom is -0.364 e. The molecule has 0 aliphatic carbocycles. The van der Waals surface area contributed by atoms with E-state index in [1.807, 2.05) is 0 Å². The lowest BCUT2D eigenvalue weighted by molar-refractivity contribution is 0.309. The molecule has 0 saturated carbocycles. The molecule has 3 aromatic rings. The summed E-state index contributed by atoms with van der Waals surface area (Å²) in [5, 5.41) is 14.2. The monoisotopic (exact) mass is 376 g/mol. The normalized spacial score (nSPS) is 11.9. The van der Waals surface area contributed by atoms with Crippen LogP contribution in [0.15, 0.2) is 32.1 Å². The minimum atomic E-state index is -0.801. The molecule has 2 N–H and O–H groups in total. The fourth-order valence-corrected chi connectivity index (χ4v) is 2.57. The first-order valence-corrected chi connectivity index (χ1v) is 9.07. The van der Waals surface area contributed by atoms with Gasteiger partial charge in [0.2, 0.25) is 11.6 Å². The van der Waals surface area contributed by atoms with Crippen molar-refractivity contribution in [1.82, 2.24) is 20.0 Å². The van der Waals surface area contributed by atoms with Crippen LogP contribution in [-0.2, 0) is 10.7 Å². The Kier molecular flexibility index (Phi) is 4.94. The van der Waals surface area contributed by atoms with E-state index in [0.717, 1.165) is 10.6 Å². The molecule has 1 aromatic carbocycles. The van der Waals surface area contributed by atoms with Crippen LogP contribution in [0.2, 0.25) is 0 Å². The zero-order chi connectivity index (χ0) is 18.7. The molecule has 9 nitrogen and oxygen atoms in total. The Morgan fingerprint density at radius 3 is 2.96 bits per heavy atom. The Balaban J connectivity index is 2.02. The maximum atomic E-state index is 13.6. The second-order valence-corrected chi connectivity index (χ2v) is 6.83. The largest absolute Gasteiger partial charge is 0.446 e. The van der Waals surface area contributed by atoms with Crippen LogP contribution in [0.25, 0.3) is 17.2 Å². The molecular formula is C15H13FN6O3S. The third kappa shape index (κ3) is 3.40. The fraction of sp³-hybridized carbons (Fsp3) is 0.200. The van der Waals surface area contributed by atoms with Crippen molar-refractivity contribution in [2.24, 2.45) is 0 Å². The van der Waals surface area contributed by atoms with Gasteiger partial charge in [-0.15, -0.1) is 17.1 Å². The quantitative estimate of drug-likeness (QED) is 0.624. The van der Waals surface area contributed by atoms with E-state index in [1.165, 1.54) is 12.1 Å². The van der Waals surface area contributed by atoms with Crippen LogP contribution in [-0.4, -0.2) is 38.6 Å². The predicted octanol–water partition coefficient (Wildman–Crippen LogP) is 1.42. The summed E-state index contributed by atoms with van der Waals surface area (Å²) >= 11 is 0. The molecule has 0 saturated heterocycles. The average Bonchev–Trinajstić information content (AvgIpc) is 3.21. The molecule has 0 radical (unpaired) electrons. The van der Waals surface area contributed by atoms with Gasteiger partial charge in [0.15, 0.2) is 5.69 Å². The van der Waals surface area contributed by atoms with Crippen LogP contribution >= 0.6 is 0 Å². The average molecular weight is 376 g/mol. The topological polar surface area (TPSA) is 123 Å². The van der Waals surface area contributed by atoms with Gasteiger partial charge in [-0.25, -0.2) is 18.4 Å². The third-order valence-corrected chi connectivity index (χ3v) is 4.19. The summed E-state index contributed by atoms with van der Waals surface area (Å²) < 4.78 is 31.7. The maximum absolute atomic E-state index is 13.6. The van der Waals surface area contributed by atoms with Crippen molar-refractivity contribution in [3.05, 3.63) is 40.1 Å². The Hall–Kier alpha value is -3.26. The van der Waals surface area contributed by atoms with Crippen molar-refractivity contribution in [3.63, 3.8) is 0 Å². The minimum absolute atomic E-state index is 0.0106. The van der Waals surface area contributed by atoms with Gasteiger partial charge in [0.1, 0.15) is 5.82 Å². The van der Waals surface area contributed by atoms with Crippen molar-refractivity contribution in [2.75, 3.05) is 23.9 Å². The van der Waals surface area contributed by atoms with Crippen molar-refractivity contribution in [3.8, 4) is 29.5 Å². The number of benzene rings is 1. The predicted molar refractivity (Wildman–Crippen MR) is 92.7 cm³/mol. The van der Waals surface area contributed by atoms with E-state index >= 15 is 0 Å². The van der Waals surface area contributed by atoms with Crippen molar-refractivity contribution < 1.29 is 13.5 Å². The number of nitrogens with zero attached hydrogens (tertiary/aromatic N) is 4. The summed E-state index contributed by atoms with van der Waals surface area (Å²) in [5.41, 5.74) is 0.391. The van der Waals surface area contributed by atoms with Gasteiger partial charge in [0.25, 0.3) is 0 Å². The summed E-state index contributed by atoms with van der Waals surface area (Å²) in [7, 11) is -0.499. The van der Waals surface area contributed by atoms with Crippen LogP contribution in [0.1, 0.15) is 5.56 Å². The number of aromatic nitrogens is 4. The van der Waals surface area contributed by atoms with Crippen LogP contribution < -0.4 is 11.1 Å². The molecule has 0 aliphatic rings. The molecule has 0 amide bonds. The first-order valence-electron chi connectivity index (χ1n) is 7.27. The lowest BCUT2D eigenvalue weighted by Gasteiger charge is -2.06. The van der Waals surface area contributed by atoms with Crippen LogP contribution in [0.5, 0.6) is 0 Å². The van der Waals surface area contributed by atoms with E-state index in [9.17, 15) is 9.18 Å². The number of rotatable bonds is 6. The second-order valence-electron chi connectivity index (χ2n) is 5.15. The standard InChI is InChI=1S/C15H13FN6O3S/c1-3-9-8-10(4-5-11(9)16)22-14(21-24-15(22)23)12-13(20-25-19-12)18-6-7-26(2)17/h1,4-5,8,17H,6-7H2,2H3,(H,18,20). The summed E-state index contributed by atoms with van der Waals surface area (Å²) in [6.45, 7) is 0.462. The summed E-state index contributed by atoms with van der Waals surface area (Å²) in [6, 6.07) is 3.83. The lowest BCUT2D eigenvalue weighted by atomic mass is 10.2. The Morgan fingerprint density at radius 2 is 2.23 bits per heavy atom. The first-order chi connectivity index (χ1) is 12.5. The highest BCUT2D eigenvalue weighted by Crippen LogP contribution is 2.24. The number of anilines is 1. The summed E-state index contributed by atoms with van der Waals surface area (Å²) in [6.07, 6.45) is 7.06. The molecule has 2 aromatic heterocycles. The number of halogens is 1. The van der Waals surface area contributed by atoms with E-state index in [0.29, 0.717) is 12.3 Å². The third-order valence-electron chi connectivity index (χ3n) is 3.37. The van der Waals surface area contributed by atoms with Gasteiger partial charge in [0.05, 0.1) is 11.3 Å². The molecular weight excluding hydrogens is 363 g/mol. The van der Waals surface area contributed by atoms with E-state index in [1.54, 1.807) is 6.26 Å². The van der Waals surface area contributed by atoms with Gasteiger partial charge >= 0.3 is 5.76 Å². The second kappa shape index (κ2) is 7.32. The molecule has 11 heteroatoms. The Bertz CT molecular complexity index is 1060. The molecule has 0 fully saturated rings. The Morgan fingerprint density at radius 1 is 1.42 bits per heavy atom. The number of nitrogens with one attached hydrogen (secondary N) is 2. The number of hydrogen-bond acceptors (Lipinski definition) is 8. The van der Waals surface area contributed by atoms with Gasteiger partial charge < -0.3 is 5.32 Å². The highest BCUT2D eigenvalue weighted by molar-refractivity contribution is 7.85. The van der Waals surface area contributed by atoms with Crippen molar-refractivity contribution in [2.45, 2.75) is 0 Å². The Labute approximate surface area is 149 Å². The van der Waals surface area contributed by atoms with Gasteiger partial charge in [-0.2, -0.15) is 0 Å².